The van der Waals surface area contributed by atoms with Crippen molar-refractivity contribution in [3.63, 3.8) is 0 Å². The van der Waals surface area contributed by atoms with Gasteiger partial charge in [0.25, 0.3) is 11.6 Å². The number of carbonyl (C=O) groups is 1. The number of aromatic nitrogens is 1. The van der Waals surface area contributed by atoms with Crippen LogP contribution in [0.25, 0.3) is 0 Å². The zero-order chi connectivity index (χ0) is 15.4. The van der Waals surface area contributed by atoms with E-state index in [0.717, 1.165) is 19.0 Å². The maximum Gasteiger partial charge on any atom is 0.300 e. The fourth-order valence-corrected chi connectivity index (χ4v) is 2.26. The van der Waals surface area contributed by atoms with Crippen molar-refractivity contribution in [3.8, 4) is 0 Å². The van der Waals surface area contributed by atoms with Crippen molar-refractivity contribution in [2.24, 2.45) is 5.92 Å². The smallest absolute Gasteiger partial charge is 0.300 e. The molecule has 2 rings (SSSR count). The molecule has 1 saturated carbocycles. The number of nitro groups is 1. The highest BCUT2D eigenvalue weighted by Crippen LogP contribution is 2.34. The van der Waals surface area contributed by atoms with E-state index in [9.17, 15) is 14.9 Å². The van der Waals surface area contributed by atoms with E-state index < -0.39 is 10.8 Å². The fourth-order valence-electron chi connectivity index (χ4n) is 2.26. The van der Waals surface area contributed by atoms with Crippen LogP contribution >= 0.6 is 0 Å². The lowest BCUT2D eigenvalue weighted by atomic mass is 10.1. The molecular formula is C14H20N4O3. The van der Waals surface area contributed by atoms with Crippen LogP contribution < -0.4 is 10.6 Å². The summed E-state index contributed by atoms with van der Waals surface area (Å²) in [6.45, 7) is 2.01. The van der Waals surface area contributed by atoms with Crippen molar-refractivity contribution in [2.75, 3.05) is 12.4 Å². The highest BCUT2D eigenvalue weighted by Gasteiger charge is 2.27. The molecule has 7 heteroatoms. The van der Waals surface area contributed by atoms with Gasteiger partial charge in [0, 0.05) is 19.2 Å². The van der Waals surface area contributed by atoms with Crippen molar-refractivity contribution in [1.29, 1.82) is 0 Å². The third kappa shape index (κ3) is 3.90. The first-order valence-corrected chi connectivity index (χ1v) is 7.18. The average molecular weight is 292 g/mol. The number of nitrogens with one attached hydrogen (secondary N) is 2. The Morgan fingerprint density at radius 1 is 1.57 bits per heavy atom. The second kappa shape index (κ2) is 6.51. The predicted molar refractivity (Wildman–Crippen MR) is 79.3 cm³/mol. The van der Waals surface area contributed by atoms with E-state index in [0.29, 0.717) is 11.7 Å². The molecule has 1 aromatic rings. The second-order valence-electron chi connectivity index (χ2n) is 5.35. The first-order chi connectivity index (χ1) is 10.0. The molecule has 1 aliphatic rings. The Morgan fingerprint density at radius 2 is 2.29 bits per heavy atom. The van der Waals surface area contributed by atoms with Gasteiger partial charge in [-0.15, -0.1) is 0 Å². The van der Waals surface area contributed by atoms with Crippen LogP contribution in [0.15, 0.2) is 12.3 Å². The van der Waals surface area contributed by atoms with Gasteiger partial charge in [-0.25, -0.2) is 4.98 Å². The maximum atomic E-state index is 12.3. The molecule has 7 nitrogen and oxygen atoms in total. The molecule has 114 valence electrons. The summed E-state index contributed by atoms with van der Waals surface area (Å²) in [6.07, 6.45) is 5.31. The minimum atomic E-state index is -0.580. The van der Waals surface area contributed by atoms with Crippen molar-refractivity contribution in [1.82, 2.24) is 10.3 Å². The van der Waals surface area contributed by atoms with Gasteiger partial charge in [0.05, 0.1) is 4.92 Å². The van der Waals surface area contributed by atoms with Crippen molar-refractivity contribution >= 4 is 17.4 Å². The summed E-state index contributed by atoms with van der Waals surface area (Å²) in [5.74, 6) is 0.713. The van der Waals surface area contributed by atoms with Gasteiger partial charge < -0.3 is 10.6 Å². The van der Waals surface area contributed by atoms with Crippen LogP contribution in [0.1, 0.15) is 43.0 Å². The third-order valence-corrected chi connectivity index (χ3v) is 3.72. The van der Waals surface area contributed by atoms with Gasteiger partial charge in [-0.1, -0.05) is 19.8 Å². The first kappa shape index (κ1) is 15.2. The van der Waals surface area contributed by atoms with Gasteiger partial charge in [-0.05, 0) is 18.8 Å². The number of amides is 1. The standard InChI is InChI=1S/C14H20N4O3/c1-3-10(6-9-4-5-9)17-14(19)11-7-13(15-2)16-8-12(11)18(20)21/h7-10H,3-6H2,1-2H3,(H,15,16)(H,17,19). The van der Waals surface area contributed by atoms with Crippen LogP contribution in [0.3, 0.4) is 0 Å². The van der Waals surface area contributed by atoms with E-state index in [2.05, 4.69) is 15.6 Å². The molecule has 1 unspecified atom stereocenters. The van der Waals surface area contributed by atoms with E-state index in [4.69, 9.17) is 0 Å². The van der Waals surface area contributed by atoms with Crippen LogP contribution in [0.5, 0.6) is 0 Å². The third-order valence-electron chi connectivity index (χ3n) is 3.72. The SMILES string of the molecule is CCC(CC1CC1)NC(=O)c1cc(NC)ncc1[N+](=O)[O-]. The molecule has 1 heterocycles. The minimum absolute atomic E-state index is 0.0496. The molecule has 0 spiro atoms. The van der Waals surface area contributed by atoms with Gasteiger partial charge in [-0.3, -0.25) is 14.9 Å². The van der Waals surface area contributed by atoms with Gasteiger partial charge in [0.1, 0.15) is 17.6 Å². The Bertz CT molecular complexity index is 543. The summed E-state index contributed by atoms with van der Waals surface area (Å²) in [5.41, 5.74) is -0.221. The molecule has 0 aliphatic heterocycles. The lowest BCUT2D eigenvalue weighted by Crippen LogP contribution is -2.35. The number of rotatable bonds is 7. The van der Waals surface area contributed by atoms with Gasteiger partial charge in [-0.2, -0.15) is 0 Å². The normalized spacial score (nSPS) is 15.3. The quantitative estimate of drug-likeness (QED) is 0.594. The number of anilines is 1. The van der Waals surface area contributed by atoms with Crippen LogP contribution in [-0.4, -0.2) is 28.9 Å². The first-order valence-electron chi connectivity index (χ1n) is 7.18. The summed E-state index contributed by atoms with van der Waals surface area (Å²) < 4.78 is 0. The molecule has 1 aliphatic carbocycles. The summed E-state index contributed by atoms with van der Waals surface area (Å²) in [6, 6.07) is 1.48. The second-order valence-corrected chi connectivity index (χ2v) is 5.35. The Kier molecular flexibility index (Phi) is 4.72. The van der Waals surface area contributed by atoms with Crippen LogP contribution in [0, 0.1) is 16.0 Å². The molecule has 1 amide bonds. The van der Waals surface area contributed by atoms with Crippen LogP contribution in [0.4, 0.5) is 11.5 Å². The zero-order valence-corrected chi connectivity index (χ0v) is 12.3. The zero-order valence-electron chi connectivity index (χ0n) is 12.3. The summed E-state index contributed by atoms with van der Waals surface area (Å²) >= 11 is 0. The Morgan fingerprint density at radius 3 is 2.81 bits per heavy atom. The van der Waals surface area contributed by atoms with E-state index in [1.54, 1.807) is 7.05 Å². The lowest BCUT2D eigenvalue weighted by molar-refractivity contribution is -0.385. The van der Waals surface area contributed by atoms with Gasteiger partial charge in [0.15, 0.2) is 0 Å². The molecule has 0 saturated heterocycles. The molecule has 0 bridgehead atoms. The average Bonchev–Trinajstić information content (AvgIpc) is 3.29. The summed E-state index contributed by atoms with van der Waals surface area (Å²) in [5, 5.41) is 16.7. The Labute approximate surface area is 123 Å². The number of hydrogen-bond donors (Lipinski definition) is 2. The molecule has 1 aromatic heterocycles. The molecular weight excluding hydrogens is 272 g/mol. The number of carbonyl (C=O) groups excluding carboxylic acids is 1. The van der Waals surface area contributed by atoms with Crippen LogP contribution in [-0.2, 0) is 0 Å². The van der Waals surface area contributed by atoms with Gasteiger partial charge in [0.2, 0.25) is 0 Å². The number of hydrogen-bond acceptors (Lipinski definition) is 5. The molecule has 0 aromatic carbocycles. The van der Waals surface area contributed by atoms with E-state index in [1.165, 1.54) is 18.9 Å². The summed E-state index contributed by atoms with van der Waals surface area (Å²) in [7, 11) is 1.65. The number of pyridine rings is 1. The largest absolute Gasteiger partial charge is 0.373 e. The van der Waals surface area contributed by atoms with E-state index in [-0.39, 0.29) is 17.3 Å². The number of nitrogens with zero attached hydrogens (tertiary/aromatic N) is 2. The predicted octanol–water partition coefficient (Wildman–Crippen LogP) is 2.34. The summed E-state index contributed by atoms with van der Waals surface area (Å²) in [4.78, 5) is 26.7. The fraction of sp³-hybridized carbons (Fsp3) is 0.571. The topological polar surface area (TPSA) is 97.2 Å². The van der Waals surface area contributed by atoms with Gasteiger partial charge >= 0.3 is 0 Å². The van der Waals surface area contributed by atoms with Crippen LogP contribution in [0.2, 0.25) is 0 Å². The molecule has 1 atom stereocenters. The van der Waals surface area contributed by atoms with Crippen molar-refractivity contribution < 1.29 is 9.72 Å². The van der Waals surface area contributed by atoms with Crippen molar-refractivity contribution in [3.05, 3.63) is 27.9 Å². The Balaban J connectivity index is 2.17. The Hall–Kier alpha value is -2.18. The van der Waals surface area contributed by atoms with E-state index in [1.807, 2.05) is 6.92 Å². The maximum absolute atomic E-state index is 12.3. The molecule has 2 N–H and O–H groups in total. The minimum Gasteiger partial charge on any atom is -0.373 e. The van der Waals surface area contributed by atoms with Crippen molar-refractivity contribution in [2.45, 2.75) is 38.6 Å². The van der Waals surface area contributed by atoms with E-state index >= 15 is 0 Å². The monoisotopic (exact) mass is 292 g/mol. The molecule has 21 heavy (non-hydrogen) atoms. The highest BCUT2D eigenvalue weighted by atomic mass is 16.6. The molecule has 0 radical (unpaired) electrons. The lowest BCUT2D eigenvalue weighted by Gasteiger charge is -2.16. The molecule has 1 fully saturated rings. The highest BCUT2D eigenvalue weighted by molar-refractivity contribution is 5.98.